The van der Waals surface area contributed by atoms with Gasteiger partial charge in [-0.25, -0.2) is 14.0 Å². The Morgan fingerprint density at radius 3 is 2.54 bits per heavy atom. The van der Waals surface area contributed by atoms with Gasteiger partial charge < -0.3 is 14.6 Å². The SMILES string of the molecule is CCOC(=O)c1ccc(F)cc1-c1ccc2c(c1)C1(CCCC1)CN2C(=O)NCc1ccc(SO)cc1. The van der Waals surface area contributed by atoms with E-state index in [-0.39, 0.29) is 18.1 Å². The number of amides is 2. The fourth-order valence-electron chi connectivity index (χ4n) is 5.58. The Morgan fingerprint density at radius 1 is 1.08 bits per heavy atom. The summed E-state index contributed by atoms with van der Waals surface area (Å²) in [6.45, 7) is 2.94. The number of carbonyl (C=O) groups is 2. The molecule has 8 heteroatoms. The first-order valence-electron chi connectivity index (χ1n) is 12.5. The van der Waals surface area contributed by atoms with Crippen molar-refractivity contribution in [3.63, 3.8) is 0 Å². The van der Waals surface area contributed by atoms with Crippen LogP contribution in [0.3, 0.4) is 0 Å². The minimum Gasteiger partial charge on any atom is -0.462 e. The van der Waals surface area contributed by atoms with E-state index < -0.39 is 11.8 Å². The molecule has 3 aromatic rings. The third kappa shape index (κ3) is 4.95. The van der Waals surface area contributed by atoms with Gasteiger partial charge in [0.15, 0.2) is 0 Å². The Kier molecular flexibility index (Phi) is 7.22. The summed E-state index contributed by atoms with van der Waals surface area (Å²) in [7, 11) is 0. The third-order valence-electron chi connectivity index (χ3n) is 7.39. The molecule has 0 radical (unpaired) electrons. The molecule has 3 aromatic carbocycles. The molecule has 6 nitrogen and oxygen atoms in total. The molecule has 0 unspecified atom stereocenters. The minimum absolute atomic E-state index is 0.153. The van der Waals surface area contributed by atoms with Gasteiger partial charge in [0.2, 0.25) is 0 Å². The van der Waals surface area contributed by atoms with Crippen LogP contribution in [0.15, 0.2) is 65.6 Å². The molecule has 37 heavy (non-hydrogen) atoms. The second kappa shape index (κ2) is 10.6. The van der Waals surface area contributed by atoms with E-state index in [1.807, 2.05) is 42.5 Å². The van der Waals surface area contributed by atoms with Gasteiger partial charge in [-0.05, 0) is 84.5 Å². The van der Waals surface area contributed by atoms with Gasteiger partial charge in [0.25, 0.3) is 0 Å². The maximum absolute atomic E-state index is 14.3. The summed E-state index contributed by atoms with van der Waals surface area (Å²) in [6, 6.07) is 17.1. The van der Waals surface area contributed by atoms with Crippen molar-refractivity contribution in [3.05, 3.63) is 83.2 Å². The number of nitrogens with one attached hydrogen (secondary N) is 1. The van der Waals surface area contributed by atoms with Crippen LogP contribution in [0.5, 0.6) is 0 Å². The molecule has 2 aliphatic rings. The molecule has 1 fully saturated rings. The van der Waals surface area contributed by atoms with Crippen molar-refractivity contribution in [2.45, 2.75) is 49.5 Å². The van der Waals surface area contributed by atoms with Crippen LogP contribution in [0.4, 0.5) is 14.9 Å². The van der Waals surface area contributed by atoms with Crippen molar-refractivity contribution >= 4 is 29.7 Å². The minimum atomic E-state index is -0.486. The van der Waals surface area contributed by atoms with Gasteiger partial charge >= 0.3 is 12.0 Å². The number of rotatable bonds is 6. The second-order valence-electron chi connectivity index (χ2n) is 9.61. The fourth-order valence-corrected chi connectivity index (χ4v) is 5.84. The van der Waals surface area contributed by atoms with Gasteiger partial charge in [0.1, 0.15) is 5.82 Å². The number of hydrogen-bond donors (Lipinski definition) is 2. The predicted octanol–water partition coefficient (Wildman–Crippen LogP) is 6.78. The normalized spacial score (nSPS) is 15.6. The lowest BCUT2D eigenvalue weighted by Crippen LogP contribution is -2.41. The summed E-state index contributed by atoms with van der Waals surface area (Å²) in [5.74, 6) is -0.911. The highest BCUT2D eigenvalue weighted by Crippen LogP contribution is 2.51. The maximum Gasteiger partial charge on any atom is 0.338 e. The van der Waals surface area contributed by atoms with Crippen molar-refractivity contribution in [1.29, 1.82) is 0 Å². The first-order chi connectivity index (χ1) is 17.9. The van der Waals surface area contributed by atoms with E-state index in [4.69, 9.17) is 9.29 Å². The number of ether oxygens (including phenoxy) is 1. The van der Waals surface area contributed by atoms with Crippen LogP contribution in [0, 0.1) is 5.82 Å². The lowest BCUT2D eigenvalue weighted by atomic mass is 9.79. The van der Waals surface area contributed by atoms with Crippen LogP contribution in [-0.4, -0.2) is 29.7 Å². The zero-order valence-electron chi connectivity index (χ0n) is 20.6. The Balaban J connectivity index is 1.46. The summed E-state index contributed by atoms with van der Waals surface area (Å²) in [5.41, 5.74) is 4.25. The zero-order chi connectivity index (χ0) is 26.0. The number of anilines is 1. The van der Waals surface area contributed by atoms with Crippen molar-refractivity contribution in [1.82, 2.24) is 5.32 Å². The molecule has 1 aliphatic heterocycles. The number of fused-ring (bicyclic) bond motifs is 2. The Bertz CT molecular complexity index is 1320. The number of carbonyl (C=O) groups excluding carboxylic acids is 2. The van der Waals surface area contributed by atoms with Crippen LogP contribution < -0.4 is 10.2 Å². The molecule has 0 aromatic heterocycles. The van der Waals surface area contributed by atoms with Crippen molar-refractivity contribution in [2.24, 2.45) is 0 Å². The largest absolute Gasteiger partial charge is 0.462 e. The van der Waals surface area contributed by atoms with E-state index in [0.717, 1.165) is 53.0 Å². The van der Waals surface area contributed by atoms with Crippen LogP contribution in [0.25, 0.3) is 11.1 Å². The molecule has 2 N–H and O–H groups in total. The number of esters is 1. The van der Waals surface area contributed by atoms with Crippen LogP contribution in [0.2, 0.25) is 0 Å². The molecule has 5 rings (SSSR count). The van der Waals surface area contributed by atoms with E-state index in [1.165, 1.54) is 18.2 Å². The molecule has 0 bridgehead atoms. The molecule has 0 atom stereocenters. The lowest BCUT2D eigenvalue weighted by Gasteiger charge is -2.25. The number of urea groups is 1. The summed E-state index contributed by atoms with van der Waals surface area (Å²) >= 11 is 0.688. The smallest absolute Gasteiger partial charge is 0.338 e. The summed E-state index contributed by atoms with van der Waals surface area (Å²) in [6.07, 6.45) is 4.12. The first-order valence-corrected chi connectivity index (χ1v) is 13.3. The zero-order valence-corrected chi connectivity index (χ0v) is 21.4. The van der Waals surface area contributed by atoms with Crippen molar-refractivity contribution in [3.8, 4) is 11.1 Å². The van der Waals surface area contributed by atoms with Gasteiger partial charge in [-0.15, -0.1) is 0 Å². The predicted molar refractivity (Wildman–Crippen MR) is 142 cm³/mol. The summed E-state index contributed by atoms with van der Waals surface area (Å²) in [4.78, 5) is 28.4. The summed E-state index contributed by atoms with van der Waals surface area (Å²) in [5, 5.41) is 3.02. The highest BCUT2D eigenvalue weighted by molar-refractivity contribution is 7.93. The number of hydrogen-bond acceptors (Lipinski definition) is 5. The molecule has 1 aliphatic carbocycles. The van der Waals surface area contributed by atoms with Gasteiger partial charge in [-0.1, -0.05) is 31.0 Å². The van der Waals surface area contributed by atoms with E-state index in [9.17, 15) is 14.0 Å². The fraction of sp³-hybridized carbons (Fsp3) is 0.310. The van der Waals surface area contributed by atoms with Gasteiger partial charge in [-0.3, -0.25) is 4.90 Å². The van der Waals surface area contributed by atoms with E-state index in [1.54, 1.807) is 11.8 Å². The van der Waals surface area contributed by atoms with Crippen molar-refractivity contribution in [2.75, 3.05) is 18.1 Å². The van der Waals surface area contributed by atoms with E-state index >= 15 is 0 Å². The van der Waals surface area contributed by atoms with Crippen LogP contribution in [-0.2, 0) is 16.7 Å². The topological polar surface area (TPSA) is 78.9 Å². The number of halogens is 1. The van der Waals surface area contributed by atoms with E-state index in [0.29, 0.717) is 36.3 Å². The lowest BCUT2D eigenvalue weighted by molar-refractivity contribution is 0.0527. The molecular formula is C29H29FN2O4S. The molecule has 1 saturated carbocycles. The van der Waals surface area contributed by atoms with Gasteiger partial charge in [0.05, 0.1) is 12.2 Å². The average Bonchev–Trinajstić information content (AvgIpc) is 3.52. The van der Waals surface area contributed by atoms with E-state index in [2.05, 4.69) is 5.32 Å². The first kappa shape index (κ1) is 25.3. The highest BCUT2D eigenvalue weighted by atomic mass is 32.2. The molecule has 0 saturated heterocycles. The molecule has 1 heterocycles. The quantitative estimate of drug-likeness (QED) is 0.277. The maximum atomic E-state index is 14.3. The van der Waals surface area contributed by atoms with Crippen LogP contribution >= 0.6 is 12.0 Å². The van der Waals surface area contributed by atoms with Gasteiger partial charge in [-0.2, -0.15) is 0 Å². The van der Waals surface area contributed by atoms with Crippen LogP contribution in [0.1, 0.15) is 54.1 Å². The third-order valence-corrected chi connectivity index (χ3v) is 7.87. The Morgan fingerprint density at radius 2 is 1.84 bits per heavy atom. The average molecular weight is 521 g/mol. The standard InChI is InChI=1S/C29H29FN2O4S/c1-2-36-27(33)23-11-8-21(30)16-24(23)20-7-12-26-25(15-20)29(13-3-4-14-29)18-32(26)28(34)31-17-19-5-9-22(37-35)10-6-19/h5-12,15-16,35H,2-4,13-14,17-18H2,1H3,(H,31,34). The highest BCUT2D eigenvalue weighted by Gasteiger charge is 2.46. The summed E-state index contributed by atoms with van der Waals surface area (Å²) < 4.78 is 28.6. The Labute approximate surface area is 220 Å². The number of benzene rings is 3. The van der Waals surface area contributed by atoms with Gasteiger partial charge in [0, 0.05) is 41.1 Å². The number of nitrogens with zero attached hydrogens (tertiary/aromatic N) is 1. The Hall–Kier alpha value is -3.36. The van der Waals surface area contributed by atoms with Crippen molar-refractivity contribution < 1.29 is 23.3 Å². The molecule has 2 amide bonds. The molecular weight excluding hydrogens is 491 g/mol. The molecule has 1 spiro atoms. The molecule has 192 valence electrons. The monoisotopic (exact) mass is 520 g/mol. The second-order valence-corrected chi connectivity index (χ2v) is 10.3.